The maximum atomic E-state index is 13.1. The first-order valence-corrected chi connectivity index (χ1v) is 6.82. The van der Waals surface area contributed by atoms with Crippen LogP contribution in [0.4, 0.5) is 4.39 Å². The second-order valence-electron chi connectivity index (χ2n) is 3.99. The molecule has 1 nitrogen and oxygen atoms in total. The van der Waals surface area contributed by atoms with Crippen LogP contribution >= 0.6 is 23.2 Å². The normalized spacial score (nSPS) is 9.75. The molecule has 0 aliphatic carbocycles. The van der Waals surface area contributed by atoms with Gasteiger partial charge in [-0.2, -0.15) is 0 Å². The molecular weight excluding hydrogens is 298 g/mol. The maximum Gasteiger partial charge on any atom is 0.123 e. The summed E-state index contributed by atoms with van der Waals surface area (Å²) in [7, 11) is 0. The van der Waals surface area contributed by atoms with E-state index in [-0.39, 0.29) is 18.3 Å². The van der Waals surface area contributed by atoms with Gasteiger partial charge in [-0.05, 0) is 36.4 Å². The zero-order chi connectivity index (χ0) is 14.4. The van der Waals surface area contributed by atoms with E-state index < -0.39 is 0 Å². The highest BCUT2D eigenvalue weighted by Crippen LogP contribution is 2.20. The number of alkyl halides is 1. The summed E-state index contributed by atoms with van der Waals surface area (Å²) in [6, 6.07) is 11.5. The first-order chi connectivity index (χ1) is 9.69. The summed E-state index contributed by atoms with van der Waals surface area (Å²) in [6.07, 6.45) is 0. The standard InChI is InChI=1S/C16H11Cl2FO/c17-8-2-4-12-3-1-5-15(9-12)20-11-13-10-14(19)6-7-16(13)18/h1,3,5-7,9-10H,8,11H2. The SMILES string of the molecule is Fc1ccc(Cl)c(COc2cccc(C#CCCl)c2)c1. The number of rotatable bonds is 3. The summed E-state index contributed by atoms with van der Waals surface area (Å²) >= 11 is 11.5. The molecule has 2 aromatic rings. The van der Waals surface area contributed by atoms with Gasteiger partial charge in [0.1, 0.15) is 18.2 Å². The van der Waals surface area contributed by atoms with Crippen molar-refractivity contribution < 1.29 is 9.13 Å². The Kier molecular flexibility index (Phi) is 5.29. The zero-order valence-corrected chi connectivity index (χ0v) is 12.0. The number of hydrogen-bond acceptors (Lipinski definition) is 1. The molecule has 0 spiro atoms. The molecule has 0 fully saturated rings. The molecule has 0 bridgehead atoms. The molecule has 0 amide bonds. The summed E-state index contributed by atoms with van der Waals surface area (Å²) in [5, 5.41) is 0.476. The molecule has 2 rings (SSSR count). The Bertz CT molecular complexity index is 659. The number of halogens is 3. The van der Waals surface area contributed by atoms with E-state index in [1.54, 1.807) is 12.1 Å². The molecular formula is C16H11Cl2FO. The van der Waals surface area contributed by atoms with Crippen LogP contribution in [0.5, 0.6) is 5.75 Å². The molecule has 0 N–H and O–H groups in total. The van der Waals surface area contributed by atoms with Crippen LogP contribution in [0.15, 0.2) is 42.5 Å². The fraction of sp³-hybridized carbons (Fsp3) is 0.125. The van der Waals surface area contributed by atoms with Gasteiger partial charge in [-0.15, -0.1) is 11.6 Å². The first kappa shape index (κ1) is 14.7. The molecule has 0 heterocycles. The predicted molar refractivity (Wildman–Crippen MR) is 79.8 cm³/mol. The minimum absolute atomic E-state index is 0.197. The van der Waals surface area contributed by atoms with Crippen LogP contribution in [0.2, 0.25) is 5.02 Å². The van der Waals surface area contributed by atoms with E-state index in [9.17, 15) is 4.39 Å². The average Bonchev–Trinajstić information content (AvgIpc) is 2.46. The van der Waals surface area contributed by atoms with E-state index >= 15 is 0 Å². The highest BCUT2D eigenvalue weighted by molar-refractivity contribution is 6.31. The van der Waals surface area contributed by atoms with E-state index in [1.807, 2.05) is 12.1 Å². The molecule has 0 saturated heterocycles. The molecule has 0 aliphatic rings. The molecule has 4 heteroatoms. The van der Waals surface area contributed by atoms with Crippen molar-refractivity contribution in [2.75, 3.05) is 5.88 Å². The van der Waals surface area contributed by atoms with Crippen molar-refractivity contribution >= 4 is 23.2 Å². The molecule has 20 heavy (non-hydrogen) atoms. The fourth-order valence-corrected chi connectivity index (χ4v) is 1.85. The monoisotopic (exact) mass is 308 g/mol. The van der Waals surface area contributed by atoms with Crippen molar-refractivity contribution in [3.8, 4) is 17.6 Å². The minimum atomic E-state index is -0.338. The van der Waals surface area contributed by atoms with Crippen molar-refractivity contribution in [3.05, 3.63) is 64.4 Å². The van der Waals surface area contributed by atoms with Crippen molar-refractivity contribution in [2.45, 2.75) is 6.61 Å². The predicted octanol–water partition coefficient (Wildman–Crippen LogP) is 4.65. The van der Waals surface area contributed by atoms with Crippen LogP contribution in [-0.2, 0) is 6.61 Å². The van der Waals surface area contributed by atoms with Gasteiger partial charge in [-0.1, -0.05) is 29.5 Å². The summed E-state index contributed by atoms with van der Waals surface area (Å²) in [6.45, 7) is 0.197. The van der Waals surface area contributed by atoms with Gasteiger partial charge >= 0.3 is 0 Å². The third kappa shape index (κ3) is 4.16. The molecule has 0 unspecified atom stereocenters. The smallest absolute Gasteiger partial charge is 0.123 e. The van der Waals surface area contributed by atoms with E-state index in [2.05, 4.69) is 11.8 Å². The minimum Gasteiger partial charge on any atom is -0.489 e. The van der Waals surface area contributed by atoms with Gasteiger partial charge in [0.15, 0.2) is 0 Å². The third-order valence-corrected chi connectivity index (χ3v) is 3.04. The lowest BCUT2D eigenvalue weighted by Crippen LogP contribution is -1.97. The Labute approximate surface area is 127 Å². The van der Waals surface area contributed by atoms with Crippen LogP contribution in [0.3, 0.4) is 0 Å². The van der Waals surface area contributed by atoms with Gasteiger partial charge in [0, 0.05) is 16.1 Å². The van der Waals surface area contributed by atoms with Crippen LogP contribution in [0.25, 0.3) is 0 Å². The second kappa shape index (κ2) is 7.19. The van der Waals surface area contributed by atoms with Gasteiger partial charge < -0.3 is 4.74 Å². The van der Waals surface area contributed by atoms with E-state index in [0.29, 0.717) is 16.3 Å². The average molecular weight is 309 g/mol. The zero-order valence-electron chi connectivity index (χ0n) is 10.5. The lowest BCUT2D eigenvalue weighted by Gasteiger charge is -2.08. The largest absolute Gasteiger partial charge is 0.489 e. The van der Waals surface area contributed by atoms with Crippen molar-refractivity contribution in [1.29, 1.82) is 0 Å². The summed E-state index contributed by atoms with van der Waals surface area (Å²) in [5.74, 6) is 6.27. The lowest BCUT2D eigenvalue weighted by molar-refractivity contribution is 0.305. The van der Waals surface area contributed by atoms with Crippen molar-refractivity contribution in [1.82, 2.24) is 0 Å². The molecule has 0 atom stereocenters. The van der Waals surface area contributed by atoms with Crippen molar-refractivity contribution in [2.24, 2.45) is 0 Å². The Morgan fingerprint density at radius 1 is 1.15 bits per heavy atom. The first-order valence-electron chi connectivity index (χ1n) is 5.90. The molecule has 0 aliphatic heterocycles. The third-order valence-electron chi connectivity index (χ3n) is 2.54. The number of ether oxygens (including phenoxy) is 1. The van der Waals surface area contributed by atoms with E-state index in [0.717, 1.165) is 5.56 Å². The summed E-state index contributed by atoms with van der Waals surface area (Å²) in [5.41, 5.74) is 1.41. The van der Waals surface area contributed by atoms with Crippen LogP contribution in [-0.4, -0.2) is 5.88 Å². The summed E-state index contributed by atoms with van der Waals surface area (Å²) < 4.78 is 18.7. The van der Waals surface area contributed by atoms with Crippen LogP contribution in [0.1, 0.15) is 11.1 Å². The fourth-order valence-electron chi connectivity index (χ4n) is 1.61. The van der Waals surface area contributed by atoms with E-state index in [4.69, 9.17) is 27.9 Å². The Morgan fingerprint density at radius 2 is 2.00 bits per heavy atom. The number of benzene rings is 2. The van der Waals surface area contributed by atoms with Gasteiger partial charge in [0.2, 0.25) is 0 Å². The van der Waals surface area contributed by atoms with Crippen LogP contribution in [0, 0.1) is 17.7 Å². The molecule has 102 valence electrons. The van der Waals surface area contributed by atoms with Gasteiger partial charge in [0.05, 0.1) is 5.88 Å². The lowest BCUT2D eigenvalue weighted by atomic mass is 10.2. The highest BCUT2D eigenvalue weighted by Gasteiger charge is 2.03. The Balaban J connectivity index is 2.09. The number of hydrogen-bond donors (Lipinski definition) is 0. The van der Waals surface area contributed by atoms with E-state index in [1.165, 1.54) is 18.2 Å². The topological polar surface area (TPSA) is 9.23 Å². The quantitative estimate of drug-likeness (QED) is 0.592. The van der Waals surface area contributed by atoms with Gasteiger partial charge in [-0.25, -0.2) is 4.39 Å². The highest BCUT2D eigenvalue weighted by atomic mass is 35.5. The van der Waals surface area contributed by atoms with Crippen LogP contribution < -0.4 is 4.74 Å². The van der Waals surface area contributed by atoms with Gasteiger partial charge in [-0.3, -0.25) is 0 Å². The Morgan fingerprint density at radius 3 is 2.80 bits per heavy atom. The Hall–Kier alpha value is -1.69. The maximum absolute atomic E-state index is 13.1. The van der Waals surface area contributed by atoms with Crippen molar-refractivity contribution in [3.63, 3.8) is 0 Å². The van der Waals surface area contributed by atoms with Gasteiger partial charge in [0.25, 0.3) is 0 Å². The molecule has 2 aromatic carbocycles. The molecule has 0 radical (unpaired) electrons. The second-order valence-corrected chi connectivity index (χ2v) is 4.66. The molecule has 0 aromatic heterocycles. The molecule has 0 saturated carbocycles. The summed E-state index contributed by atoms with van der Waals surface area (Å²) in [4.78, 5) is 0.